The van der Waals surface area contributed by atoms with Crippen LogP contribution in [0.25, 0.3) is 16.9 Å². The average molecular weight is 281 g/mol. The van der Waals surface area contributed by atoms with E-state index in [0.29, 0.717) is 11.3 Å². The van der Waals surface area contributed by atoms with E-state index in [1.165, 1.54) is 4.52 Å². The van der Waals surface area contributed by atoms with Crippen LogP contribution in [0.1, 0.15) is 28.5 Å². The summed E-state index contributed by atoms with van der Waals surface area (Å²) in [6.07, 6.45) is 2.43. The molecule has 0 saturated carbocycles. The minimum absolute atomic E-state index is 0.121. The Labute approximate surface area is 121 Å². The van der Waals surface area contributed by atoms with E-state index >= 15 is 0 Å². The number of carboxylic acids is 1. The largest absolute Gasteiger partial charge is 0.477 e. The Morgan fingerprint density at radius 2 is 2.00 bits per heavy atom. The highest BCUT2D eigenvalue weighted by atomic mass is 16.4. The number of aromatic carboxylic acids is 1. The van der Waals surface area contributed by atoms with Gasteiger partial charge in [0.2, 0.25) is 0 Å². The molecule has 0 saturated heterocycles. The Kier molecular flexibility index (Phi) is 3.17. The average Bonchev–Trinajstić information content (AvgIpc) is 2.89. The summed E-state index contributed by atoms with van der Waals surface area (Å²) >= 11 is 0. The van der Waals surface area contributed by atoms with Crippen LogP contribution in [-0.4, -0.2) is 25.7 Å². The van der Waals surface area contributed by atoms with Crippen molar-refractivity contribution in [3.63, 3.8) is 0 Å². The third-order valence-electron chi connectivity index (χ3n) is 3.49. The van der Waals surface area contributed by atoms with E-state index in [4.69, 9.17) is 0 Å². The van der Waals surface area contributed by atoms with Gasteiger partial charge in [0.1, 0.15) is 0 Å². The van der Waals surface area contributed by atoms with Gasteiger partial charge in [0.25, 0.3) is 0 Å². The molecule has 2 heterocycles. The van der Waals surface area contributed by atoms with Crippen molar-refractivity contribution >= 4 is 11.6 Å². The smallest absolute Gasteiger partial charge is 0.354 e. The van der Waals surface area contributed by atoms with Crippen molar-refractivity contribution in [1.82, 2.24) is 14.6 Å². The third-order valence-corrected chi connectivity index (χ3v) is 3.49. The normalized spacial score (nSPS) is 11.0. The summed E-state index contributed by atoms with van der Waals surface area (Å²) in [6.45, 7) is 4.01. The molecule has 0 aliphatic heterocycles. The molecular formula is C16H15N3O2. The molecule has 0 fully saturated rings. The van der Waals surface area contributed by atoms with E-state index in [9.17, 15) is 9.90 Å². The first kappa shape index (κ1) is 13.3. The monoisotopic (exact) mass is 281 g/mol. The summed E-state index contributed by atoms with van der Waals surface area (Å²) in [6, 6.07) is 9.42. The van der Waals surface area contributed by atoms with Crippen molar-refractivity contribution in [1.29, 1.82) is 0 Å². The van der Waals surface area contributed by atoms with E-state index in [1.54, 1.807) is 12.3 Å². The maximum absolute atomic E-state index is 11.5. The summed E-state index contributed by atoms with van der Waals surface area (Å²) in [5.74, 6) is -1.01. The molecule has 0 spiro atoms. The molecule has 0 aliphatic rings. The predicted molar refractivity (Wildman–Crippen MR) is 79.5 cm³/mol. The fourth-order valence-corrected chi connectivity index (χ4v) is 2.28. The zero-order valence-corrected chi connectivity index (χ0v) is 11.9. The standard InChI is InChI=1S/C16H15N3O2/c1-3-11-9-17-19-14(16(20)21)8-13(18-15(11)19)12-6-4-10(2)5-7-12/h4-9H,3H2,1-2H3,(H,20,21). The van der Waals surface area contributed by atoms with Crippen molar-refractivity contribution in [2.24, 2.45) is 0 Å². The number of aryl methyl sites for hydroxylation is 2. The fraction of sp³-hybridized carbons (Fsp3) is 0.188. The number of aromatic nitrogens is 3. The van der Waals surface area contributed by atoms with Crippen LogP contribution < -0.4 is 0 Å². The van der Waals surface area contributed by atoms with Gasteiger partial charge in [0, 0.05) is 11.1 Å². The van der Waals surface area contributed by atoms with Crippen molar-refractivity contribution in [2.45, 2.75) is 20.3 Å². The van der Waals surface area contributed by atoms with Gasteiger partial charge in [0.05, 0.1) is 11.9 Å². The molecule has 2 aromatic heterocycles. The Morgan fingerprint density at radius 1 is 1.29 bits per heavy atom. The van der Waals surface area contributed by atoms with E-state index < -0.39 is 5.97 Å². The topological polar surface area (TPSA) is 67.5 Å². The van der Waals surface area contributed by atoms with Crippen molar-refractivity contribution in [3.05, 3.63) is 53.3 Å². The molecule has 21 heavy (non-hydrogen) atoms. The Bertz CT molecular complexity index is 819. The lowest BCUT2D eigenvalue weighted by Gasteiger charge is -2.06. The Hall–Kier alpha value is -2.69. The molecule has 0 amide bonds. The minimum atomic E-state index is -1.01. The predicted octanol–water partition coefficient (Wildman–Crippen LogP) is 2.97. The first-order valence-electron chi connectivity index (χ1n) is 6.78. The maximum atomic E-state index is 11.5. The van der Waals surface area contributed by atoms with Gasteiger partial charge in [-0.2, -0.15) is 5.10 Å². The van der Waals surface area contributed by atoms with Gasteiger partial charge in [-0.3, -0.25) is 0 Å². The van der Waals surface area contributed by atoms with Gasteiger partial charge in [-0.25, -0.2) is 14.3 Å². The van der Waals surface area contributed by atoms with E-state index in [-0.39, 0.29) is 5.69 Å². The van der Waals surface area contributed by atoms with Gasteiger partial charge < -0.3 is 5.11 Å². The van der Waals surface area contributed by atoms with Crippen LogP contribution in [0.5, 0.6) is 0 Å². The SMILES string of the molecule is CCc1cnn2c(C(=O)O)cc(-c3ccc(C)cc3)nc12. The van der Waals surface area contributed by atoms with Gasteiger partial charge in [-0.1, -0.05) is 36.8 Å². The number of carboxylic acid groups (broad SMARTS) is 1. The molecule has 106 valence electrons. The molecular weight excluding hydrogens is 266 g/mol. The third kappa shape index (κ3) is 2.27. The molecule has 1 N–H and O–H groups in total. The second kappa shape index (κ2) is 5.01. The number of nitrogens with zero attached hydrogens (tertiary/aromatic N) is 3. The summed E-state index contributed by atoms with van der Waals surface area (Å²) in [4.78, 5) is 16.0. The molecule has 0 atom stereocenters. The van der Waals surface area contributed by atoms with Crippen molar-refractivity contribution < 1.29 is 9.90 Å². The Balaban J connectivity index is 2.28. The lowest BCUT2D eigenvalue weighted by molar-refractivity contribution is 0.0687. The van der Waals surface area contributed by atoms with Gasteiger partial charge in [-0.15, -0.1) is 0 Å². The first-order chi connectivity index (χ1) is 10.1. The van der Waals surface area contributed by atoms with E-state index in [0.717, 1.165) is 23.1 Å². The van der Waals surface area contributed by atoms with Gasteiger partial charge in [-0.05, 0) is 19.4 Å². The lowest BCUT2D eigenvalue weighted by atomic mass is 10.1. The van der Waals surface area contributed by atoms with Gasteiger partial charge in [0.15, 0.2) is 11.3 Å². The molecule has 0 unspecified atom stereocenters. The molecule has 3 aromatic rings. The second-order valence-corrected chi connectivity index (χ2v) is 4.96. The quantitative estimate of drug-likeness (QED) is 0.801. The maximum Gasteiger partial charge on any atom is 0.354 e. The van der Waals surface area contributed by atoms with E-state index in [1.807, 2.05) is 38.1 Å². The minimum Gasteiger partial charge on any atom is -0.477 e. The van der Waals surface area contributed by atoms with Crippen LogP contribution >= 0.6 is 0 Å². The number of benzene rings is 1. The highest BCUT2D eigenvalue weighted by molar-refractivity contribution is 5.88. The van der Waals surface area contributed by atoms with Crippen LogP contribution in [0.4, 0.5) is 0 Å². The van der Waals surface area contributed by atoms with Crippen LogP contribution in [0, 0.1) is 6.92 Å². The number of fused-ring (bicyclic) bond motifs is 1. The molecule has 0 aliphatic carbocycles. The van der Waals surface area contributed by atoms with Crippen LogP contribution in [0.2, 0.25) is 0 Å². The Morgan fingerprint density at radius 3 is 2.62 bits per heavy atom. The van der Waals surface area contributed by atoms with Crippen LogP contribution in [-0.2, 0) is 6.42 Å². The molecule has 0 radical (unpaired) electrons. The summed E-state index contributed by atoms with van der Waals surface area (Å²) in [7, 11) is 0. The number of hydrogen-bond acceptors (Lipinski definition) is 3. The summed E-state index contributed by atoms with van der Waals surface area (Å²) < 4.78 is 1.39. The lowest BCUT2D eigenvalue weighted by Crippen LogP contribution is -2.08. The molecule has 5 heteroatoms. The number of rotatable bonds is 3. The van der Waals surface area contributed by atoms with Crippen LogP contribution in [0.3, 0.4) is 0 Å². The number of hydrogen-bond donors (Lipinski definition) is 1. The van der Waals surface area contributed by atoms with Crippen molar-refractivity contribution in [2.75, 3.05) is 0 Å². The highest BCUT2D eigenvalue weighted by Crippen LogP contribution is 2.22. The zero-order chi connectivity index (χ0) is 15.0. The van der Waals surface area contributed by atoms with Crippen molar-refractivity contribution in [3.8, 4) is 11.3 Å². The molecule has 1 aromatic carbocycles. The fourth-order valence-electron chi connectivity index (χ4n) is 2.28. The van der Waals surface area contributed by atoms with E-state index in [2.05, 4.69) is 10.1 Å². The zero-order valence-electron chi connectivity index (χ0n) is 11.9. The molecule has 5 nitrogen and oxygen atoms in total. The molecule has 3 rings (SSSR count). The summed E-state index contributed by atoms with van der Waals surface area (Å²) in [5, 5.41) is 13.5. The second-order valence-electron chi connectivity index (χ2n) is 4.96. The first-order valence-corrected chi connectivity index (χ1v) is 6.78. The highest BCUT2D eigenvalue weighted by Gasteiger charge is 2.16. The number of carbonyl (C=O) groups is 1. The van der Waals surface area contributed by atoms with Gasteiger partial charge >= 0.3 is 5.97 Å². The summed E-state index contributed by atoms with van der Waals surface area (Å²) in [5.41, 5.74) is 4.36. The molecule has 0 bridgehead atoms. The van der Waals surface area contributed by atoms with Crippen LogP contribution in [0.15, 0.2) is 36.5 Å².